The number of aliphatic carboxylic acids is 1. The van der Waals surface area contributed by atoms with Crippen molar-refractivity contribution in [1.29, 1.82) is 0 Å². The smallest absolute Gasteiger partial charge is 0.479 e. The molecule has 0 spiro atoms. The number of alkyl halides is 3. The Kier molecular flexibility index (Phi) is 14.2. The third-order valence-electron chi connectivity index (χ3n) is 6.01. The molecule has 20 heteroatoms. The van der Waals surface area contributed by atoms with Gasteiger partial charge in [-0.25, -0.2) is 22.9 Å². The topological polar surface area (TPSA) is 180 Å². The van der Waals surface area contributed by atoms with Crippen LogP contribution in [0.15, 0.2) is 42.9 Å². The lowest BCUT2D eigenvalue weighted by molar-refractivity contribution is -0.192. The number of rotatable bonds is 12. The molecule has 3 rings (SSSR count). The summed E-state index contributed by atoms with van der Waals surface area (Å²) in [6, 6.07) is 2.28. The fourth-order valence-electron chi connectivity index (χ4n) is 3.72. The highest BCUT2D eigenvalue weighted by Crippen LogP contribution is 2.26. The molecular formula is C29H27F8N5O7. The van der Waals surface area contributed by atoms with Gasteiger partial charge in [0.15, 0.2) is 23.2 Å². The van der Waals surface area contributed by atoms with Crippen LogP contribution in [0.3, 0.4) is 0 Å². The molecule has 2 atom stereocenters. The van der Waals surface area contributed by atoms with Crippen LogP contribution >= 0.6 is 0 Å². The number of imidazole rings is 1. The number of carbonyl (C=O) groups is 5. The van der Waals surface area contributed by atoms with E-state index >= 15 is 0 Å². The van der Waals surface area contributed by atoms with E-state index in [4.69, 9.17) is 14.6 Å². The second kappa shape index (κ2) is 17.6. The normalized spacial score (nSPS) is 12.2. The standard InChI is InChI=1S/C27H26F5N5O5.C2HF3O2/c1-13(2)7-20(37-27(41)26(40)35-18-6-4-3-5-15(18)28)25(39)36-19(8-14-10-33-12-34-14)21(38)11-42-24-22(31)16(29)9-17(30)23(24)32;3-2(4,5)1(6)7/h3-6,9-10,12-13,19-20H,7-8,11H2,1-2H3,(H,33,34)(H,35,40)(H,36,39)(H,37,41);(H,6,7). The van der Waals surface area contributed by atoms with E-state index in [0.717, 1.165) is 6.07 Å². The Bertz CT molecular complexity index is 1630. The summed E-state index contributed by atoms with van der Waals surface area (Å²) in [5.41, 5.74) is 0.0790. The number of hydrogen-bond donors (Lipinski definition) is 5. The van der Waals surface area contributed by atoms with Crippen molar-refractivity contribution in [3.8, 4) is 5.75 Å². The second-order valence-electron chi connectivity index (χ2n) is 10.3. The number of ketones is 1. The summed E-state index contributed by atoms with van der Waals surface area (Å²) in [5, 5.41) is 13.9. The first-order valence-electron chi connectivity index (χ1n) is 13.7. The SMILES string of the molecule is CC(C)CC(NC(=O)C(=O)Nc1ccccc1F)C(=O)NC(Cc1cnc[nH]1)C(=O)COc1c(F)c(F)cc(F)c1F.O=C(O)C(F)(F)F. The number of carboxylic acid groups (broad SMARTS) is 1. The van der Waals surface area contributed by atoms with Gasteiger partial charge in [-0.2, -0.15) is 22.0 Å². The minimum atomic E-state index is -5.08. The number of anilines is 1. The molecule has 0 saturated heterocycles. The number of nitrogens with one attached hydrogen (secondary N) is 4. The molecule has 266 valence electrons. The Hall–Kier alpha value is -5.56. The first-order valence-corrected chi connectivity index (χ1v) is 13.7. The van der Waals surface area contributed by atoms with Crippen LogP contribution in [0.25, 0.3) is 0 Å². The molecule has 2 aromatic carbocycles. The van der Waals surface area contributed by atoms with Crippen molar-refractivity contribution in [2.75, 3.05) is 11.9 Å². The molecule has 0 saturated carbocycles. The molecule has 0 radical (unpaired) electrons. The van der Waals surface area contributed by atoms with Crippen LogP contribution in [-0.2, 0) is 30.4 Å². The first-order chi connectivity index (χ1) is 22.8. The van der Waals surface area contributed by atoms with E-state index in [1.165, 1.54) is 30.7 Å². The van der Waals surface area contributed by atoms with Gasteiger partial charge in [-0.1, -0.05) is 26.0 Å². The highest BCUT2D eigenvalue weighted by molar-refractivity contribution is 6.40. The predicted molar refractivity (Wildman–Crippen MR) is 151 cm³/mol. The van der Waals surface area contributed by atoms with Crippen LogP contribution in [0.2, 0.25) is 0 Å². The Labute approximate surface area is 271 Å². The average Bonchev–Trinajstić information content (AvgIpc) is 3.53. The van der Waals surface area contributed by atoms with Gasteiger partial charge in [-0.05, 0) is 24.5 Å². The van der Waals surface area contributed by atoms with Crippen LogP contribution in [0.5, 0.6) is 5.75 Å². The number of carbonyl (C=O) groups excluding carboxylic acids is 4. The minimum Gasteiger partial charge on any atom is -0.479 e. The van der Waals surface area contributed by atoms with Gasteiger partial charge in [0.2, 0.25) is 17.5 Å². The van der Waals surface area contributed by atoms with Crippen molar-refractivity contribution in [1.82, 2.24) is 20.6 Å². The first kappa shape index (κ1) is 39.6. The summed E-state index contributed by atoms with van der Waals surface area (Å²) in [6.45, 7) is 2.32. The van der Waals surface area contributed by atoms with Gasteiger partial charge in [0.25, 0.3) is 0 Å². The lowest BCUT2D eigenvalue weighted by atomic mass is 10.0. The van der Waals surface area contributed by atoms with E-state index in [-0.39, 0.29) is 30.5 Å². The summed E-state index contributed by atoms with van der Waals surface area (Å²) < 4.78 is 105. The van der Waals surface area contributed by atoms with Crippen molar-refractivity contribution in [3.05, 3.63) is 77.6 Å². The molecule has 1 heterocycles. The number of H-pyrrole nitrogens is 1. The number of aromatic nitrogens is 2. The Morgan fingerprint density at radius 1 is 0.898 bits per heavy atom. The van der Waals surface area contributed by atoms with Gasteiger partial charge in [0, 0.05) is 24.4 Å². The third kappa shape index (κ3) is 12.2. The van der Waals surface area contributed by atoms with E-state index < -0.39 is 89.2 Å². The van der Waals surface area contributed by atoms with Gasteiger partial charge < -0.3 is 30.8 Å². The fraction of sp³-hybridized carbons (Fsp3) is 0.310. The summed E-state index contributed by atoms with van der Waals surface area (Å²) in [6.07, 6.45) is -2.70. The summed E-state index contributed by atoms with van der Waals surface area (Å²) in [7, 11) is 0. The molecule has 0 aliphatic heterocycles. The molecule has 0 fully saturated rings. The molecule has 12 nitrogen and oxygen atoms in total. The fourth-order valence-corrected chi connectivity index (χ4v) is 3.72. The number of ether oxygens (including phenoxy) is 1. The summed E-state index contributed by atoms with van der Waals surface area (Å²) in [4.78, 5) is 66.5. The van der Waals surface area contributed by atoms with Crippen LogP contribution in [0, 0.1) is 35.0 Å². The van der Waals surface area contributed by atoms with Crippen LogP contribution in [0.4, 0.5) is 40.8 Å². The highest BCUT2D eigenvalue weighted by Gasteiger charge is 2.38. The molecule has 49 heavy (non-hydrogen) atoms. The molecule has 1 aromatic heterocycles. The van der Waals surface area contributed by atoms with Gasteiger partial charge >= 0.3 is 24.0 Å². The van der Waals surface area contributed by atoms with E-state index in [1.807, 2.05) is 0 Å². The maximum absolute atomic E-state index is 14.0. The Morgan fingerprint density at radius 3 is 2.00 bits per heavy atom. The third-order valence-corrected chi connectivity index (χ3v) is 6.01. The minimum absolute atomic E-state index is 0.00497. The van der Waals surface area contributed by atoms with Crippen molar-refractivity contribution in [2.45, 2.75) is 44.9 Å². The Balaban J connectivity index is 0.00000107. The number of nitrogens with zero attached hydrogens (tertiary/aromatic N) is 1. The molecule has 2 unspecified atom stereocenters. The molecule has 0 bridgehead atoms. The number of para-hydroxylation sites is 1. The van der Waals surface area contributed by atoms with Gasteiger partial charge in [0.1, 0.15) is 18.5 Å². The zero-order chi connectivity index (χ0) is 37.1. The van der Waals surface area contributed by atoms with E-state index in [1.54, 1.807) is 13.8 Å². The van der Waals surface area contributed by atoms with Crippen molar-refractivity contribution in [3.63, 3.8) is 0 Å². The molecule has 3 aromatic rings. The van der Waals surface area contributed by atoms with Gasteiger partial charge in [-0.15, -0.1) is 0 Å². The molecule has 0 aliphatic carbocycles. The quantitative estimate of drug-likeness (QED) is 0.108. The van der Waals surface area contributed by atoms with E-state index in [9.17, 15) is 54.3 Å². The highest BCUT2D eigenvalue weighted by atomic mass is 19.4. The number of carboxylic acids is 1. The zero-order valence-corrected chi connectivity index (χ0v) is 25.3. The lowest BCUT2D eigenvalue weighted by Gasteiger charge is -2.24. The van der Waals surface area contributed by atoms with Crippen LogP contribution < -0.4 is 20.7 Å². The van der Waals surface area contributed by atoms with Crippen molar-refractivity contribution >= 4 is 35.2 Å². The monoisotopic (exact) mass is 709 g/mol. The predicted octanol–water partition coefficient (Wildman–Crippen LogP) is 3.58. The largest absolute Gasteiger partial charge is 0.490 e. The van der Waals surface area contributed by atoms with E-state index in [2.05, 4.69) is 25.9 Å². The van der Waals surface area contributed by atoms with Crippen molar-refractivity contribution in [2.24, 2.45) is 5.92 Å². The maximum Gasteiger partial charge on any atom is 0.490 e. The number of amides is 3. The molecular weight excluding hydrogens is 682 g/mol. The van der Waals surface area contributed by atoms with Gasteiger partial charge in [0.05, 0.1) is 18.1 Å². The van der Waals surface area contributed by atoms with Crippen LogP contribution in [-0.4, -0.2) is 69.4 Å². The van der Waals surface area contributed by atoms with E-state index in [0.29, 0.717) is 5.69 Å². The summed E-state index contributed by atoms with van der Waals surface area (Å²) in [5.74, 6) is -16.8. The second-order valence-corrected chi connectivity index (χ2v) is 10.3. The molecule has 5 N–H and O–H groups in total. The number of aromatic amines is 1. The lowest BCUT2D eigenvalue weighted by Crippen LogP contribution is -2.54. The molecule has 3 amide bonds. The number of Topliss-reactive ketones (excluding diaryl/α,β-unsaturated/α-hetero) is 1. The zero-order valence-electron chi connectivity index (χ0n) is 25.3. The number of hydrogen-bond acceptors (Lipinski definition) is 7. The number of halogens is 8. The average molecular weight is 710 g/mol. The number of benzene rings is 2. The summed E-state index contributed by atoms with van der Waals surface area (Å²) >= 11 is 0. The molecule has 0 aliphatic rings. The van der Waals surface area contributed by atoms with Crippen LogP contribution in [0.1, 0.15) is 26.0 Å². The van der Waals surface area contributed by atoms with Crippen molar-refractivity contribution < 1.29 is 68.9 Å². The van der Waals surface area contributed by atoms with Gasteiger partial charge in [-0.3, -0.25) is 19.2 Å². The Morgan fingerprint density at radius 2 is 1.49 bits per heavy atom. The maximum atomic E-state index is 14.0.